The summed E-state index contributed by atoms with van der Waals surface area (Å²) in [5.74, 6) is 0.204. The summed E-state index contributed by atoms with van der Waals surface area (Å²) in [5, 5.41) is 3.32. The summed E-state index contributed by atoms with van der Waals surface area (Å²) in [4.78, 5) is 4.17. The van der Waals surface area contributed by atoms with E-state index in [2.05, 4.69) is 21.8 Å². The normalized spacial score (nSPS) is 25.0. The molecule has 0 bridgehead atoms. The number of imidazole rings is 1. The van der Waals surface area contributed by atoms with Crippen molar-refractivity contribution >= 4 is 0 Å². The number of alkyl halides is 3. The van der Waals surface area contributed by atoms with Gasteiger partial charge in [0.15, 0.2) is 0 Å². The second kappa shape index (κ2) is 6.81. The van der Waals surface area contributed by atoms with Crippen molar-refractivity contribution in [2.24, 2.45) is 11.8 Å². The van der Waals surface area contributed by atoms with Crippen LogP contribution in [0.2, 0.25) is 0 Å². The lowest BCUT2D eigenvalue weighted by atomic mass is 9.85. The van der Waals surface area contributed by atoms with E-state index in [0.29, 0.717) is 12.3 Å². The maximum atomic E-state index is 12.8. The molecular formula is C15H24F3N3. The molecule has 3 atom stereocenters. The monoisotopic (exact) mass is 303 g/mol. The van der Waals surface area contributed by atoms with Crippen molar-refractivity contribution in [3.63, 3.8) is 0 Å². The van der Waals surface area contributed by atoms with Crippen LogP contribution in [0.1, 0.15) is 38.4 Å². The highest BCUT2D eigenvalue weighted by molar-refractivity contribution is 4.89. The second-order valence-electron chi connectivity index (χ2n) is 6.24. The fourth-order valence-electron chi connectivity index (χ4n) is 3.04. The largest absolute Gasteiger partial charge is 0.391 e. The van der Waals surface area contributed by atoms with E-state index < -0.39 is 12.1 Å². The summed E-state index contributed by atoms with van der Waals surface area (Å²) in [6.45, 7) is 5.65. The molecule has 0 aromatic carbocycles. The van der Waals surface area contributed by atoms with Crippen LogP contribution in [-0.4, -0.2) is 28.3 Å². The first kappa shape index (κ1) is 16.3. The number of hydrogen-bond donors (Lipinski definition) is 1. The quantitative estimate of drug-likeness (QED) is 0.901. The summed E-state index contributed by atoms with van der Waals surface area (Å²) in [5.41, 5.74) is 0. The third-order valence-electron chi connectivity index (χ3n) is 4.32. The highest BCUT2D eigenvalue weighted by Gasteiger charge is 2.41. The molecule has 0 unspecified atom stereocenters. The van der Waals surface area contributed by atoms with Crippen LogP contribution in [0.3, 0.4) is 0 Å². The molecule has 0 amide bonds. The third kappa shape index (κ3) is 4.73. The van der Waals surface area contributed by atoms with E-state index in [1.165, 1.54) is 0 Å². The number of hydrogen-bond acceptors (Lipinski definition) is 2. The van der Waals surface area contributed by atoms with Crippen LogP contribution < -0.4 is 5.32 Å². The van der Waals surface area contributed by atoms with Gasteiger partial charge in [-0.2, -0.15) is 13.2 Å². The zero-order chi connectivity index (χ0) is 15.5. The number of aryl methyl sites for hydroxylation is 1. The van der Waals surface area contributed by atoms with Gasteiger partial charge >= 0.3 is 6.18 Å². The number of nitrogens with one attached hydrogen (secondary N) is 1. The Morgan fingerprint density at radius 1 is 1.43 bits per heavy atom. The number of nitrogens with zero attached hydrogens (tertiary/aromatic N) is 2. The van der Waals surface area contributed by atoms with Crippen LogP contribution in [0.15, 0.2) is 12.4 Å². The standard InChI is InChI=1S/C15H24F3N3/c1-11(10-21-7-6-19-12(21)2)9-20-14-5-3-4-13(8-14)15(16,17)18/h6-7,11,13-14,20H,3-5,8-10H2,1-2H3/t11-,13-,14+/m1/s1. The fraction of sp³-hybridized carbons (Fsp3) is 0.800. The van der Waals surface area contributed by atoms with E-state index in [-0.39, 0.29) is 18.9 Å². The predicted molar refractivity (Wildman–Crippen MR) is 75.9 cm³/mol. The van der Waals surface area contributed by atoms with Gasteiger partial charge in [-0.15, -0.1) is 0 Å². The Kier molecular flexibility index (Phi) is 5.30. The molecule has 1 heterocycles. The Morgan fingerprint density at radius 2 is 2.19 bits per heavy atom. The smallest absolute Gasteiger partial charge is 0.335 e. The zero-order valence-corrected chi connectivity index (χ0v) is 12.7. The van der Waals surface area contributed by atoms with Gasteiger partial charge in [-0.05, 0) is 38.6 Å². The van der Waals surface area contributed by atoms with Crippen molar-refractivity contribution in [3.8, 4) is 0 Å². The Balaban J connectivity index is 1.76. The third-order valence-corrected chi connectivity index (χ3v) is 4.32. The lowest BCUT2D eigenvalue weighted by Crippen LogP contribution is -2.40. The van der Waals surface area contributed by atoms with Gasteiger partial charge in [0.05, 0.1) is 5.92 Å². The van der Waals surface area contributed by atoms with Gasteiger partial charge in [-0.3, -0.25) is 0 Å². The first-order valence-electron chi connectivity index (χ1n) is 7.64. The average Bonchev–Trinajstić information content (AvgIpc) is 2.81. The van der Waals surface area contributed by atoms with E-state index in [4.69, 9.17) is 0 Å². The van der Waals surface area contributed by atoms with Crippen LogP contribution in [0.4, 0.5) is 13.2 Å². The van der Waals surface area contributed by atoms with E-state index in [0.717, 1.165) is 25.3 Å². The molecule has 6 heteroatoms. The van der Waals surface area contributed by atoms with Crippen LogP contribution in [-0.2, 0) is 6.54 Å². The molecule has 0 radical (unpaired) electrons. The minimum absolute atomic E-state index is 0.00305. The van der Waals surface area contributed by atoms with Crippen LogP contribution in [0.5, 0.6) is 0 Å². The SMILES string of the molecule is Cc1nccn1C[C@H](C)CN[C@H]1CCC[C@@H](C(F)(F)F)C1. The Morgan fingerprint density at radius 3 is 2.81 bits per heavy atom. The summed E-state index contributed by atoms with van der Waals surface area (Å²) in [7, 11) is 0. The summed E-state index contributed by atoms with van der Waals surface area (Å²) in [6, 6.07) is -0.00305. The summed E-state index contributed by atoms with van der Waals surface area (Å²) < 4.78 is 40.4. The van der Waals surface area contributed by atoms with Crippen molar-refractivity contribution in [2.45, 2.75) is 58.3 Å². The highest BCUT2D eigenvalue weighted by atomic mass is 19.4. The first-order chi connectivity index (χ1) is 9.86. The molecule has 1 aliphatic carbocycles. The molecule has 1 N–H and O–H groups in total. The lowest BCUT2D eigenvalue weighted by Gasteiger charge is -2.31. The molecule has 1 aromatic rings. The molecule has 120 valence electrons. The minimum atomic E-state index is -4.04. The van der Waals surface area contributed by atoms with Gasteiger partial charge < -0.3 is 9.88 Å². The number of aromatic nitrogens is 2. The van der Waals surface area contributed by atoms with Crippen molar-refractivity contribution in [2.75, 3.05) is 6.54 Å². The van der Waals surface area contributed by atoms with Gasteiger partial charge in [0, 0.05) is 25.0 Å². The van der Waals surface area contributed by atoms with Gasteiger partial charge in [0.2, 0.25) is 0 Å². The first-order valence-corrected chi connectivity index (χ1v) is 7.64. The molecule has 21 heavy (non-hydrogen) atoms. The Labute approximate surface area is 123 Å². The second-order valence-corrected chi connectivity index (χ2v) is 6.24. The van der Waals surface area contributed by atoms with Gasteiger partial charge in [-0.25, -0.2) is 4.98 Å². The predicted octanol–water partition coefficient (Wildman–Crippen LogP) is 3.54. The number of halogens is 3. The number of rotatable bonds is 5. The molecule has 1 aliphatic rings. The molecular weight excluding hydrogens is 279 g/mol. The molecule has 1 fully saturated rings. The van der Waals surface area contributed by atoms with Gasteiger partial charge in [0.25, 0.3) is 0 Å². The molecule has 0 saturated heterocycles. The van der Waals surface area contributed by atoms with Crippen molar-refractivity contribution in [1.29, 1.82) is 0 Å². The van der Waals surface area contributed by atoms with Crippen molar-refractivity contribution < 1.29 is 13.2 Å². The topological polar surface area (TPSA) is 29.9 Å². The molecule has 1 saturated carbocycles. The van der Waals surface area contributed by atoms with Crippen LogP contribution in [0.25, 0.3) is 0 Å². The lowest BCUT2D eigenvalue weighted by molar-refractivity contribution is -0.183. The van der Waals surface area contributed by atoms with Crippen molar-refractivity contribution in [1.82, 2.24) is 14.9 Å². The highest BCUT2D eigenvalue weighted by Crippen LogP contribution is 2.37. The van der Waals surface area contributed by atoms with Gasteiger partial charge in [-0.1, -0.05) is 13.3 Å². The molecule has 3 nitrogen and oxygen atoms in total. The molecule has 0 aliphatic heterocycles. The van der Waals surface area contributed by atoms with E-state index >= 15 is 0 Å². The Hall–Kier alpha value is -1.04. The van der Waals surface area contributed by atoms with E-state index in [1.54, 1.807) is 6.20 Å². The Bertz CT molecular complexity index is 442. The fourth-order valence-corrected chi connectivity index (χ4v) is 3.04. The molecule has 2 rings (SSSR count). The summed E-state index contributed by atoms with van der Waals surface area (Å²) in [6.07, 6.45) is 1.68. The molecule has 1 aromatic heterocycles. The van der Waals surface area contributed by atoms with E-state index in [1.807, 2.05) is 13.1 Å². The minimum Gasteiger partial charge on any atom is -0.335 e. The average molecular weight is 303 g/mol. The van der Waals surface area contributed by atoms with Gasteiger partial charge in [0.1, 0.15) is 5.82 Å². The van der Waals surface area contributed by atoms with Crippen LogP contribution in [0, 0.1) is 18.8 Å². The maximum absolute atomic E-state index is 12.8. The maximum Gasteiger partial charge on any atom is 0.391 e. The van der Waals surface area contributed by atoms with Crippen molar-refractivity contribution in [3.05, 3.63) is 18.2 Å². The zero-order valence-electron chi connectivity index (χ0n) is 12.7. The van der Waals surface area contributed by atoms with Crippen LogP contribution >= 0.6 is 0 Å². The van der Waals surface area contributed by atoms with E-state index in [9.17, 15) is 13.2 Å². The molecule has 0 spiro atoms. The summed E-state index contributed by atoms with van der Waals surface area (Å²) >= 11 is 0.